The van der Waals surface area contributed by atoms with Gasteiger partial charge < -0.3 is 20.3 Å². The first-order valence-corrected chi connectivity index (χ1v) is 11.1. The zero-order valence-corrected chi connectivity index (χ0v) is 19.0. The molecule has 0 saturated carbocycles. The van der Waals surface area contributed by atoms with Gasteiger partial charge in [0.2, 0.25) is 11.0 Å². The molecule has 0 atom stereocenters. The van der Waals surface area contributed by atoms with E-state index in [-0.39, 0.29) is 23.3 Å². The number of halogens is 3. The van der Waals surface area contributed by atoms with Crippen molar-refractivity contribution in [1.82, 2.24) is 15.1 Å². The quantitative estimate of drug-likeness (QED) is 0.439. The van der Waals surface area contributed by atoms with E-state index in [1.807, 2.05) is 0 Å². The van der Waals surface area contributed by atoms with Crippen LogP contribution in [0.2, 0.25) is 0 Å². The van der Waals surface area contributed by atoms with Crippen LogP contribution in [0.4, 0.5) is 29.7 Å². The number of benzene rings is 2. The highest BCUT2D eigenvalue weighted by molar-refractivity contribution is 8.01. The van der Waals surface area contributed by atoms with Crippen molar-refractivity contribution in [3.8, 4) is 5.75 Å². The van der Waals surface area contributed by atoms with Crippen molar-refractivity contribution < 1.29 is 27.5 Å². The van der Waals surface area contributed by atoms with Crippen LogP contribution in [0.1, 0.15) is 10.4 Å². The number of hydrogen-bond acceptors (Lipinski definition) is 8. The third kappa shape index (κ3) is 7.64. The second-order valence-corrected chi connectivity index (χ2v) is 8.88. The topological polar surface area (TPSA) is 96.5 Å². The summed E-state index contributed by atoms with van der Waals surface area (Å²) in [6.07, 6.45) is -4.75. The van der Waals surface area contributed by atoms with Gasteiger partial charge >= 0.3 is 6.36 Å². The van der Waals surface area contributed by atoms with Crippen molar-refractivity contribution >= 4 is 51.4 Å². The van der Waals surface area contributed by atoms with E-state index in [9.17, 15) is 22.8 Å². The van der Waals surface area contributed by atoms with Gasteiger partial charge in [-0.15, -0.1) is 23.4 Å². The first-order chi connectivity index (χ1) is 15.6. The third-order valence-corrected chi connectivity index (χ3v) is 5.87. The number of nitrogens with one attached hydrogen (secondary N) is 2. The van der Waals surface area contributed by atoms with Crippen molar-refractivity contribution in [3.63, 3.8) is 0 Å². The van der Waals surface area contributed by atoms with Crippen molar-refractivity contribution in [2.45, 2.75) is 10.7 Å². The maximum atomic E-state index is 12.2. The molecule has 2 N–H and O–H groups in total. The van der Waals surface area contributed by atoms with Crippen LogP contribution >= 0.6 is 23.1 Å². The second kappa shape index (κ2) is 10.5. The maximum absolute atomic E-state index is 12.2. The highest BCUT2D eigenvalue weighted by atomic mass is 32.2. The average Bonchev–Trinajstić information content (AvgIpc) is 3.20. The molecule has 0 aliphatic carbocycles. The van der Waals surface area contributed by atoms with Gasteiger partial charge in [-0.2, -0.15) is 0 Å². The Labute approximate surface area is 195 Å². The predicted molar refractivity (Wildman–Crippen MR) is 120 cm³/mol. The Bertz CT molecular complexity index is 1100. The molecule has 13 heteroatoms. The van der Waals surface area contributed by atoms with Crippen LogP contribution in [0.15, 0.2) is 52.9 Å². The molecule has 0 fully saturated rings. The van der Waals surface area contributed by atoms with Crippen LogP contribution in [0.3, 0.4) is 0 Å². The number of anilines is 3. The number of aromatic nitrogens is 2. The molecule has 0 saturated heterocycles. The lowest BCUT2D eigenvalue weighted by atomic mass is 10.2. The van der Waals surface area contributed by atoms with E-state index in [1.165, 1.54) is 52.3 Å². The number of carbonyl (C=O) groups excluding carboxylic acids is 2. The normalized spacial score (nSPS) is 11.1. The number of hydrogen-bond donors (Lipinski definition) is 2. The molecule has 0 aliphatic heterocycles. The lowest BCUT2D eigenvalue weighted by Crippen LogP contribution is -2.21. The summed E-state index contributed by atoms with van der Waals surface area (Å²) >= 11 is 2.38. The second-order valence-electron chi connectivity index (χ2n) is 6.68. The summed E-state index contributed by atoms with van der Waals surface area (Å²) in [6, 6.07) is 11.8. The molecule has 174 valence electrons. The van der Waals surface area contributed by atoms with Gasteiger partial charge in [0, 0.05) is 31.0 Å². The summed E-state index contributed by atoms with van der Waals surface area (Å²) in [5, 5.41) is 14.0. The molecule has 2 amide bonds. The van der Waals surface area contributed by atoms with Crippen LogP contribution in [0, 0.1) is 0 Å². The number of carbonyl (C=O) groups is 2. The van der Waals surface area contributed by atoms with E-state index < -0.39 is 6.36 Å². The lowest BCUT2D eigenvalue weighted by molar-refractivity contribution is -0.274. The predicted octanol–water partition coefficient (Wildman–Crippen LogP) is 4.61. The molecule has 0 unspecified atom stereocenters. The van der Waals surface area contributed by atoms with Gasteiger partial charge in [0.15, 0.2) is 4.34 Å². The Morgan fingerprint density at radius 1 is 1.03 bits per heavy atom. The maximum Gasteiger partial charge on any atom is 0.573 e. The Kier molecular flexibility index (Phi) is 7.76. The van der Waals surface area contributed by atoms with Crippen LogP contribution in [-0.4, -0.2) is 53.1 Å². The minimum absolute atomic E-state index is 0.0937. The van der Waals surface area contributed by atoms with Crippen molar-refractivity contribution in [2.24, 2.45) is 0 Å². The van der Waals surface area contributed by atoms with Gasteiger partial charge in [0.05, 0.1) is 5.75 Å². The highest BCUT2D eigenvalue weighted by Crippen LogP contribution is 2.29. The van der Waals surface area contributed by atoms with Crippen molar-refractivity contribution in [1.29, 1.82) is 0 Å². The highest BCUT2D eigenvalue weighted by Gasteiger charge is 2.30. The number of alkyl halides is 3. The largest absolute Gasteiger partial charge is 0.573 e. The van der Waals surface area contributed by atoms with E-state index in [0.29, 0.717) is 26.4 Å². The number of thioether (sulfide) groups is 1. The molecule has 1 aromatic heterocycles. The Balaban J connectivity index is 1.47. The van der Waals surface area contributed by atoms with Crippen LogP contribution in [0.5, 0.6) is 5.75 Å². The van der Waals surface area contributed by atoms with Gasteiger partial charge in [-0.25, -0.2) is 0 Å². The lowest BCUT2D eigenvalue weighted by Gasteiger charge is -2.10. The van der Waals surface area contributed by atoms with Gasteiger partial charge in [0.1, 0.15) is 5.75 Å². The van der Waals surface area contributed by atoms with E-state index in [1.54, 1.807) is 38.4 Å². The molecule has 0 radical (unpaired) electrons. The Morgan fingerprint density at radius 3 is 2.27 bits per heavy atom. The number of nitrogens with zero attached hydrogens (tertiary/aromatic N) is 3. The first kappa shape index (κ1) is 24.3. The fourth-order valence-electron chi connectivity index (χ4n) is 2.46. The Morgan fingerprint density at radius 2 is 1.67 bits per heavy atom. The fraction of sp³-hybridized carbons (Fsp3) is 0.200. The molecule has 1 heterocycles. The molecular weight excluding hydrogens is 479 g/mol. The standard InChI is InChI=1S/C20H18F3N5O3S2/c1-28(2)17(30)12-3-5-13(6-4-12)24-16(29)11-32-19-27-26-18(33-19)25-14-7-9-15(10-8-14)31-20(21,22)23/h3-10H,11H2,1-2H3,(H,24,29)(H,25,26). The molecular formula is C20H18F3N5O3S2. The number of amides is 2. The molecule has 3 rings (SSSR count). The van der Waals surface area contributed by atoms with E-state index in [2.05, 4.69) is 25.6 Å². The van der Waals surface area contributed by atoms with E-state index in [0.717, 1.165) is 0 Å². The first-order valence-electron chi connectivity index (χ1n) is 9.30. The monoisotopic (exact) mass is 497 g/mol. The molecule has 3 aromatic rings. The number of ether oxygens (including phenoxy) is 1. The molecule has 2 aromatic carbocycles. The Hall–Kier alpha value is -3.32. The van der Waals surface area contributed by atoms with E-state index >= 15 is 0 Å². The molecule has 33 heavy (non-hydrogen) atoms. The SMILES string of the molecule is CN(C)C(=O)c1ccc(NC(=O)CSc2nnc(Nc3ccc(OC(F)(F)F)cc3)s2)cc1. The van der Waals surface area contributed by atoms with Crippen molar-refractivity contribution in [3.05, 3.63) is 54.1 Å². The third-order valence-electron chi connectivity index (χ3n) is 3.89. The fourth-order valence-corrected chi connectivity index (χ4v) is 4.03. The summed E-state index contributed by atoms with van der Waals surface area (Å²) in [5.74, 6) is -0.617. The van der Waals surface area contributed by atoms with Crippen LogP contribution in [0.25, 0.3) is 0 Å². The molecule has 0 spiro atoms. The van der Waals surface area contributed by atoms with Gasteiger partial charge in [-0.3, -0.25) is 9.59 Å². The smallest absolute Gasteiger partial charge is 0.406 e. The molecule has 8 nitrogen and oxygen atoms in total. The van der Waals surface area contributed by atoms with Crippen LogP contribution in [-0.2, 0) is 4.79 Å². The molecule has 0 bridgehead atoms. The number of rotatable bonds is 8. The zero-order valence-electron chi connectivity index (χ0n) is 17.3. The summed E-state index contributed by atoms with van der Waals surface area (Å²) in [4.78, 5) is 25.5. The van der Waals surface area contributed by atoms with Gasteiger partial charge in [-0.05, 0) is 48.5 Å². The summed E-state index contributed by atoms with van der Waals surface area (Å²) in [5.41, 5.74) is 1.59. The molecule has 0 aliphatic rings. The minimum atomic E-state index is -4.75. The van der Waals surface area contributed by atoms with Crippen molar-refractivity contribution in [2.75, 3.05) is 30.5 Å². The van der Waals surface area contributed by atoms with E-state index in [4.69, 9.17) is 0 Å². The van der Waals surface area contributed by atoms with Gasteiger partial charge in [0.25, 0.3) is 5.91 Å². The minimum Gasteiger partial charge on any atom is -0.406 e. The van der Waals surface area contributed by atoms with Crippen LogP contribution < -0.4 is 15.4 Å². The summed E-state index contributed by atoms with van der Waals surface area (Å²) in [6.45, 7) is 0. The summed E-state index contributed by atoms with van der Waals surface area (Å²) < 4.78 is 41.0. The van der Waals surface area contributed by atoms with Gasteiger partial charge in [-0.1, -0.05) is 23.1 Å². The zero-order chi connectivity index (χ0) is 24.0. The average molecular weight is 498 g/mol. The summed E-state index contributed by atoms with van der Waals surface area (Å²) in [7, 11) is 3.32.